The third-order valence-corrected chi connectivity index (χ3v) is 2.57. The Labute approximate surface area is 116 Å². The van der Waals surface area contributed by atoms with Gasteiger partial charge < -0.3 is 26.0 Å². The van der Waals surface area contributed by atoms with Crippen molar-refractivity contribution in [3.63, 3.8) is 0 Å². The van der Waals surface area contributed by atoms with Gasteiger partial charge in [-0.2, -0.15) is 0 Å². The van der Waals surface area contributed by atoms with E-state index in [1.54, 1.807) is 6.92 Å². The number of benzene rings is 1. The summed E-state index contributed by atoms with van der Waals surface area (Å²) in [5.74, 6) is -0.578. The van der Waals surface area contributed by atoms with Crippen molar-refractivity contribution in [2.24, 2.45) is 5.73 Å². The van der Waals surface area contributed by atoms with Crippen molar-refractivity contribution < 1.29 is 24.5 Å². The molecule has 0 spiro atoms. The van der Waals surface area contributed by atoms with Crippen LogP contribution in [0.25, 0.3) is 0 Å². The Bertz CT molecular complexity index is 460. The van der Waals surface area contributed by atoms with Gasteiger partial charge in [0.1, 0.15) is 6.10 Å². The van der Waals surface area contributed by atoms with E-state index in [-0.39, 0.29) is 13.0 Å². The summed E-state index contributed by atoms with van der Waals surface area (Å²) in [5, 5.41) is 22.0. The lowest BCUT2D eigenvalue weighted by atomic mass is 10.0. The number of primary amides is 1. The average molecular weight is 282 g/mol. The number of nitrogens with one attached hydrogen (secondary N) is 1. The molecule has 0 aromatic heterocycles. The molecule has 2 unspecified atom stereocenters. The van der Waals surface area contributed by atoms with E-state index in [0.717, 1.165) is 0 Å². The zero-order valence-electron chi connectivity index (χ0n) is 11.1. The van der Waals surface area contributed by atoms with Gasteiger partial charge in [0.2, 0.25) is 0 Å². The van der Waals surface area contributed by atoms with Gasteiger partial charge >= 0.3 is 12.0 Å². The summed E-state index contributed by atoms with van der Waals surface area (Å²) in [4.78, 5) is 21.9. The quantitative estimate of drug-likeness (QED) is 0.567. The largest absolute Gasteiger partial charge is 0.466 e. The third kappa shape index (κ3) is 4.87. The first-order chi connectivity index (χ1) is 9.43. The second-order valence-electron chi connectivity index (χ2n) is 4.13. The van der Waals surface area contributed by atoms with E-state index in [1.807, 2.05) is 0 Å². The Morgan fingerprint density at radius 3 is 2.40 bits per heavy atom. The fraction of sp³-hybridized carbons (Fsp3) is 0.385. The molecule has 0 aliphatic rings. The number of rotatable bonds is 6. The second kappa shape index (κ2) is 7.46. The van der Waals surface area contributed by atoms with E-state index in [0.29, 0.717) is 11.3 Å². The number of aliphatic hydroxyl groups excluding tert-OH is 2. The van der Waals surface area contributed by atoms with Crippen molar-refractivity contribution in [3.8, 4) is 0 Å². The normalized spacial score (nSPS) is 13.3. The predicted molar refractivity (Wildman–Crippen MR) is 71.9 cm³/mol. The van der Waals surface area contributed by atoms with Crippen LogP contribution in [0.1, 0.15) is 25.0 Å². The molecule has 1 aromatic carbocycles. The monoisotopic (exact) mass is 282 g/mol. The summed E-state index contributed by atoms with van der Waals surface area (Å²) in [6.07, 6.45) is -2.78. The molecule has 0 fully saturated rings. The molecule has 0 bridgehead atoms. The molecule has 20 heavy (non-hydrogen) atoms. The van der Waals surface area contributed by atoms with Gasteiger partial charge in [-0.25, -0.2) is 4.79 Å². The molecule has 0 radical (unpaired) electrons. The maximum absolute atomic E-state index is 11.2. The maximum Gasteiger partial charge on any atom is 0.316 e. The predicted octanol–water partition coefficient (Wildman–Crippen LogP) is 0.525. The van der Waals surface area contributed by atoms with Gasteiger partial charge in [-0.05, 0) is 24.6 Å². The number of carbonyl (C=O) groups excluding carboxylic acids is 2. The van der Waals surface area contributed by atoms with Gasteiger partial charge in [0, 0.05) is 5.69 Å². The van der Waals surface area contributed by atoms with Crippen molar-refractivity contribution >= 4 is 17.7 Å². The number of nitrogens with two attached hydrogens (primary N) is 1. The van der Waals surface area contributed by atoms with Crippen LogP contribution in [0.5, 0.6) is 0 Å². The molecule has 7 nitrogen and oxygen atoms in total. The highest BCUT2D eigenvalue weighted by atomic mass is 16.5. The summed E-state index contributed by atoms with van der Waals surface area (Å²) < 4.78 is 4.69. The van der Waals surface area contributed by atoms with Crippen LogP contribution in [0.3, 0.4) is 0 Å². The van der Waals surface area contributed by atoms with E-state index in [4.69, 9.17) is 10.5 Å². The number of hydrogen-bond acceptors (Lipinski definition) is 5. The molecule has 0 saturated carbocycles. The fourth-order valence-electron chi connectivity index (χ4n) is 1.63. The van der Waals surface area contributed by atoms with Crippen LogP contribution in [-0.2, 0) is 9.53 Å². The molecule has 0 aliphatic carbocycles. The number of ether oxygens (including phenoxy) is 1. The lowest BCUT2D eigenvalue weighted by molar-refractivity contribution is -0.147. The first-order valence-electron chi connectivity index (χ1n) is 6.12. The van der Waals surface area contributed by atoms with Crippen LogP contribution in [-0.4, -0.2) is 34.9 Å². The highest BCUT2D eigenvalue weighted by molar-refractivity contribution is 5.87. The minimum Gasteiger partial charge on any atom is -0.466 e. The topological polar surface area (TPSA) is 122 Å². The van der Waals surface area contributed by atoms with Gasteiger partial charge in [-0.3, -0.25) is 4.79 Å². The van der Waals surface area contributed by atoms with Crippen molar-refractivity contribution in [1.82, 2.24) is 0 Å². The molecular formula is C13H18N2O5. The van der Waals surface area contributed by atoms with Crippen LogP contribution in [0.15, 0.2) is 24.3 Å². The minimum atomic E-state index is -1.26. The smallest absolute Gasteiger partial charge is 0.316 e. The van der Waals surface area contributed by atoms with Gasteiger partial charge in [0.05, 0.1) is 19.1 Å². The number of aliphatic hydroxyl groups is 2. The zero-order valence-corrected chi connectivity index (χ0v) is 11.1. The molecule has 2 atom stereocenters. The molecule has 1 aromatic rings. The van der Waals surface area contributed by atoms with E-state index in [1.165, 1.54) is 24.3 Å². The highest BCUT2D eigenvalue weighted by Gasteiger charge is 2.22. The van der Waals surface area contributed by atoms with Crippen LogP contribution >= 0.6 is 0 Å². The van der Waals surface area contributed by atoms with E-state index in [9.17, 15) is 19.8 Å². The fourth-order valence-corrected chi connectivity index (χ4v) is 1.63. The minimum absolute atomic E-state index is 0.217. The van der Waals surface area contributed by atoms with Gasteiger partial charge in [0.15, 0.2) is 0 Å². The lowest BCUT2D eigenvalue weighted by Crippen LogP contribution is -2.23. The number of anilines is 1. The van der Waals surface area contributed by atoms with Crippen LogP contribution < -0.4 is 11.1 Å². The molecule has 0 saturated heterocycles. The van der Waals surface area contributed by atoms with Gasteiger partial charge in [0.25, 0.3) is 0 Å². The zero-order chi connectivity index (χ0) is 15.1. The molecule has 5 N–H and O–H groups in total. The molecule has 1 rings (SSSR count). The van der Waals surface area contributed by atoms with E-state index < -0.39 is 24.2 Å². The Kier molecular flexibility index (Phi) is 5.95. The standard InChI is InChI=1S/C13H18N2O5/c1-2-20-11(17)7-10(16)12(18)8-3-5-9(6-4-8)15-13(14)19/h3-6,10,12,16,18H,2,7H2,1H3,(H3,14,15,19). The molecule has 0 heterocycles. The van der Waals surface area contributed by atoms with Crippen molar-refractivity contribution in [3.05, 3.63) is 29.8 Å². The summed E-state index contributed by atoms with van der Waals surface area (Å²) in [7, 11) is 0. The Hall–Kier alpha value is -2.12. The van der Waals surface area contributed by atoms with Crippen LogP contribution in [0, 0.1) is 0 Å². The van der Waals surface area contributed by atoms with Gasteiger partial charge in [-0.1, -0.05) is 12.1 Å². The Morgan fingerprint density at radius 1 is 1.30 bits per heavy atom. The molecule has 7 heteroatoms. The second-order valence-corrected chi connectivity index (χ2v) is 4.13. The SMILES string of the molecule is CCOC(=O)CC(O)C(O)c1ccc(NC(N)=O)cc1. The number of hydrogen-bond donors (Lipinski definition) is 4. The number of urea groups is 1. The molecule has 110 valence electrons. The summed E-state index contributed by atoms with van der Waals surface area (Å²) in [6, 6.07) is 5.40. The lowest BCUT2D eigenvalue weighted by Gasteiger charge is -2.17. The average Bonchev–Trinajstić information content (AvgIpc) is 2.38. The van der Waals surface area contributed by atoms with Crippen molar-refractivity contribution in [1.29, 1.82) is 0 Å². The van der Waals surface area contributed by atoms with Crippen molar-refractivity contribution in [2.75, 3.05) is 11.9 Å². The molecular weight excluding hydrogens is 264 g/mol. The van der Waals surface area contributed by atoms with E-state index in [2.05, 4.69) is 5.32 Å². The van der Waals surface area contributed by atoms with Gasteiger partial charge in [-0.15, -0.1) is 0 Å². The third-order valence-electron chi connectivity index (χ3n) is 2.57. The maximum atomic E-state index is 11.2. The molecule has 0 aliphatic heterocycles. The van der Waals surface area contributed by atoms with E-state index >= 15 is 0 Å². The Morgan fingerprint density at radius 2 is 1.90 bits per heavy atom. The summed E-state index contributed by atoms with van der Waals surface area (Å²) >= 11 is 0. The highest BCUT2D eigenvalue weighted by Crippen LogP contribution is 2.21. The van der Waals surface area contributed by atoms with Crippen LogP contribution in [0.2, 0.25) is 0 Å². The first-order valence-corrected chi connectivity index (χ1v) is 6.12. The first kappa shape index (κ1) is 15.9. The molecule has 2 amide bonds. The number of amides is 2. The summed E-state index contributed by atoms with van der Waals surface area (Å²) in [5.41, 5.74) is 5.84. The Balaban J connectivity index is 2.64. The number of esters is 1. The number of carbonyl (C=O) groups is 2. The van der Waals surface area contributed by atoms with Crippen LogP contribution in [0.4, 0.5) is 10.5 Å². The van der Waals surface area contributed by atoms with Crippen molar-refractivity contribution in [2.45, 2.75) is 25.6 Å². The summed E-state index contributed by atoms with van der Waals surface area (Å²) in [6.45, 7) is 1.88.